The van der Waals surface area contributed by atoms with Crippen molar-refractivity contribution in [3.05, 3.63) is 29.3 Å². The van der Waals surface area contributed by atoms with Gasteiger partial charge >= 0.3 is 0 Å². The Labute approximate surface area is 95.8 Å². The van der Waals surface area contributed by atoms with Crippen LogP contribution >= 0.6 is 0 Å². The molecule has 4 nitrogen and oxygen atoms in total. The second-order valence-electron chi connectivity index (χ2n) is 4.61. The van der Waals surface area contributed by atoms with Crippen molar-refractivity contribution in [1.29, 1.82) is 0 Å². The zero-order chi connectivity index (χ0) is 12.3. The zero-order valence-electron chi connectivity index (χ0n) is 10.1. The fourth-order valence-electron chi connectivity index (χ4n) is 1.63. The number of hydrogen-bond acceptors (Lipinski definition) is 3. The third-order valence-electron chi connectivity index (χ3n) is 2.41. The summed E-state index contributed by atoms with van der Waals surface area (Å²) in [4.78, 5) is 11.7. The lowest BCUT2D eigenvalue weighted by Crippen LogP contribution is -2.32. The van der Waals surface area contributed by atoms with Crippen molar-refractivity contribution < 1.29 is 9.53 Å². The van der Waals surface area contributed by atoms with Gasteiger partial charge in [-0.05, 0) is 17.0 Å². The van der Waals surface area contributed by atoms with E-state index in [-0.39, 0.29) is 11.3 Å². The summed E-state index contributed by atoms with van der Waals surface area (Å²) in [6, 6.07) is 5.53. The Hall–Kier alpha value is -1.55. The fourth-order valence-corrected chi connectivity index (χ4v) is 1.63. The number of nitrogens with two attached hydrogens (primary N) is 1. The van der Waals surface area contributed by atoms with Gasteiger partial charge in [0.15, 0.2) is 0 Å². The maximum atomic E-state index is 11.7. The van der Waals surface area contributed by atoms with Gasteiger partial charge in [0.25, 0.3) is 5.91 Å². The molecule has 1 aromatic rings. The summed E-state index contributed by atoms with van der Waals surface area (Å²) >= 11 is 0. The lowest BCUT2D eigenvalue weighted by molar-refractivity contribution is 0.0948. The van der Waals surface area contributed by atoms with Crippen LogP contribution in [0.2, 0.25) is 0 Å². The molecule has 0 bridgehead atoms. The quantitative estimate of drug-likeness (QED) is 0.454. The fraction of sp³-hybridized carbons (Fsp3) is 0.417. The van der Waals surface area contributed by atoms with Crippen LogP contribution in [0.3, 0.4) is 0 Å². The summed E-state index contributed by atoms with van der Waals surface area (Å²) in [5, 5.41) is 0. The highest BCUT2D eigenvalue weighted by atomic mass is 16.5. The van der Waals surface area contributed by atoms with Crippen LogP contribution in [0.4, 0.5) is 0 Å². The standard InChI is InChI=1S/C12H18N2O2/c1-12(2,3)8-6-5-7-9(16-4)10(8)11(15)14-13/h5-7H,13H2,1-4H3,(H,14,15). The van der Waals surface area contributed by atoms with Gasteiger partial charge in [-0.25, -0.2) is 5.84 Å². The molecule has 0 spiro atoms. The van der Waals surface area contributed by atoms with Gasteiger partial charge in [-0.2, -0.15) is 0 Å². The smallest absolute Gasteiger partial charge is 0.269 e. The molecule has 1 aromatic carbocycles. The minimum Gasteiger partial charge on any atom is -0.496 e. The monoisotopic (exact) mass is 222 g/mol. The molecule has 0 aromatic heterocycles. The van der Waals surface area contributed by atoms with E-state index >= 15 is 0 Å². The van der Waals surface area contributed by atoms with Crippen molar-refractivity contribution in [3.63, 3.8) is 0 Å². The van der Waals surface area contributed by atoms with Crippen molar-refractivity contribution in [2.24, 2.45) is 5.84 Å². The molecule has 0 saturated heterocycles. The van der Waals surface area contributed by atoms with Crippen molar-refractivity contribution >= 4 is 5.91 Å². The number of hydrogen-bond donors (Lipinski definition) is 2. The number of nitrogens with one attached hydrogen (secondary N) is 1. The zero-order valence-corrected chi connectivity index (χ0v) is 10.1. The Balaban J connectivity index is 3.44. The van der Waals surface area contributed by atoms with Crippen LogP contribution in [0, 0.1) is 0 Å². The first kappa shape index (κ1) is 12.5. The summed E-state index contributed by atoms with van der Waals surface area (Å²) in [7, 11) is 1.54. The van der Waals surface area contributed by atoms with Crippen LogP contribution in [-0.4, -0.2) is 13.0 Å². The van der Waals surface area contributed by atoms with Crippen molar-refractivity contribution in [1.82, 2.24) is 5.43 Å². The highest BCUT2D eigenvalue weighted by Crippen LogP contribution is 2.31. The third kappa shape index (κ3) is 2.33. The largest absolute Gasteiger partial charge is 0.496 e. The van der Waals surface area contributed by atoms with Crippen LogP contribution in [0.25, 0.3) is 0 Å². The van der Waals surface area contributed by atoms with Crippen molar-refractivity contribution in [2.45, 2.75) is 26.2 Å². The minimum atomic E-state index is -0.331. The first-order valence-corrected chi connectivity index (χ1v) is 5.10. The molecule has 0 unspecified atom stereocenters. The Morgan fingerprint density at radius 3 is 2.44 bits per heavy atom. The Bertz CT molecular complexity index is 394. The topological polar surface area (TPSA) is 64.3 Å². The maximum Gasteiger partial charge on any atom is 0.269 e. The molecule has 16 heavy (non-hydrogen) atoms. The van der Waals surface area contributed by atoms with Gasteiger partial charge in [-0.1, -0.05) is 32.9 Å². The van der Waals surface area contributed by atoms with Gasteiger partial charge in [0.1, 0.15) is 5.75 Å². The van der Waals surface area contributed by atoms with Crippen LogP contribution in [0.5, 0.6) is 5.75 Å². The van der Waals surface area contributed by atoms with Crippen molar-refractivity contribution in [2.75, 3.05) is 7.11 Å². The van der Waals surface area contributed by atoms with Gasteiger partial charge in [-0.15, -0.1) is 0 Å². The molecule has 0 aliphatic rings. The third-order valence-corrected chi connectivity index (χ3v) is 2.41. The van der Waals surface area contributed by atoms with E-state index in [1.165, 1.54) is 7.11 Å². The van der Waals surface area contributed by atoms with E-state index in [9.17, 15) is 4.79 Å². The molecule has 0 atom stereocenters. The Kier molecular flexibility index (Phi) is 3.55. The molecule has 0 aliphatic heterocycles. The lowest BCUT2D eigenvalue weighted by Gasteiger charge is -2.23. The summed E-state index contributed by atoms with van der Waals surface area (Å²) in [6.07, 6.45) is 0. The summed E-state index contributed by atoms with van der Waals surface area (Å²) in [5.41, 5.74) is 3.42. The predicted molar refractivity (Wildman–Crippen MR) is 63.3 cm³/mol. The first-order valence-electron chi connectivity index (χ1n) is 5.10. The molecule has 0 heterocycles. The number of ether oxygens (including phenoxy) is 1. The second kappa shape index (κ2) is 4.53. The van der Waals surface area contributed by atoms with Gasteiger partial charge in [-0.3, -0.25) is 10.2 Å². The maximum absolute atomic E-state index is 11.7. The average Bonchev–Trinajstić information content (AvgIpc) is 2.25. The van der Waals surface area contributed by atoms with E-state index < -0.39 is 0 Å². The Morgan fingerprint density at radius 1 is 1.38 bits per heavy atom. The molecule has 0 aliphatic carbocycles. The molecule has 4 heteroatoms. The average molecular weight is 222 g/mol. The molecule has 88 valence electrons. The van der Waals surface area contributed by atoms with Crippen LogP contribution in [0.1, 0.15) is 36.7 Å². The number of carbonyl (C=O) groups excluding carboxylic acids is 1. The normalized spacial score (nSPS) is 11.1. The van der Waals surface area contributed by atoms with Crippen LogP contribution in [0.15, 0.2) is 18.2 Å². The van der Waals surface area contributed by atoms with E-state index in [1.54, 1.807) is 6.07 Å². The van der Waals surface area contributed by atoms with E-state index in [1.807, 2.05) is 32.9 Å². The molecule has 0 radical (unpaired) electrons. The molecule has 1 amide bonds. The van der Waals surface area contributed by atoms with E-state index in [4.69, 9.17) is 10.6 Å². The van der Waals surface area contributed by atoms with Gasteiger partial charge in [0, 0.05) is 0 Å². The molecule has 0 saturated carbocycles. The number of nitrogen functional groups attached to an aromatic ring is 1. The number of benzene rings is 1. The van der Waals surface area contributed by atoms with Crippen LogP contribution in [-0.2, 0) is 5.41 Å². The minimum absolute atomic E-state index is 0.142. The summed E-state index contributed by atoms with van der Waals surface area (Å²) in [5.74, 6) is 5.39. The first-order chi connectivity index (χ1) is 7.41. The molecule has 0 fully saturated rings. The van der Waals surface area contributed by atoms with E-state index in [2.05, 4.69) is 5.43 Å². The van der Waals surface area contributed by atoms with Gasteiger partial charge < -0.3 is 4.74 Å². The van der Waals surface area contributed by atoms with E-state index in [0.717, 1.165) is 5.56 Å². The number of amides is 1. The molecular weight excluding hydrogens is 204 g/mol. The second-order valence-corrected chi connectivity index (χ2v) is 4.61. The summed E-state index contributed by atoms with van der Waals surface area (Å²) in [6.45, 7) is 6.11. The SMILES string of the molecule is COc1cccc(C(C)(C)C)c1C(=O)NN. The van der Waals surface area contributed by atoms with Crippen molar-refractivity contribution in [3.8, 4) is 5.75 Å². The predicted octanol–water partition coefficient (Wildman–Crippen LogP) is 1.60. The number of rotatable bonds is 2. The number of methoxy groups -OCH3 is 1. The van der Waals surface area contributed by atoms with Gasteiger partial charge in [0.05, 0.1) is 12.7 Å². The lowest BCUT2D eigenvalue weighted by atomic mass is 9.83. The molecule has 3 N–H and O–H groups in total. The van der Waals surface area contributed by atoms with E-state index in [0.29, 0.717) is 11.3 Å². The molecule has 1 rings (SSSR count). The molecular formula is C12H18N2O2. The number of hydrazine groups is 1. The summed E-state index contributed by atoms with van der Waals surface area (Å²) < 4.78 is 5.19. The number of carbonyl (C=O) groups is 1. The Morgan fingerprint density at radius 2 is 2.00 bits per heavy atom. The highest BCUT2D eigenvalue weighted by Gasteiger charge is 2.24. The highest BCUT2D eigenvalue weighted by molar-refractivity contribution is 5.98. The van der Waals surface area contributed by atoms with Crippen LogP contribution < -0.4 is 16.0 Å². The van der Waals surface area contributed by atoms with Gasteiger partial charge in [0.2, 0.25) is 0 Å².